The minimum absolute atomic E-state index is 0.0436. The summed E-state index contributed by atoms with van der Waals surface area (Å²) >= 11 is 0. The number of carbonyl (C=O) groups is 2. The van der Waals surface area contributed by atoms with Gasteiger partial charge in [0, 0.05) is 6.54 Å². The molecule has 1 aliphatic rings. The molecule has 1 aromatic carbocycles. The molecule has 132 valence electrons. The van der Waals surface area contributed by atoms with Crippen molar-refractivity contribution in [2.45, 2.75) is 37.8 Å². The lowest BCUT2D eigenvalue weighted by atomic mass is 10.1. The predicted molar refractivity (Wildman–Crippen MR) is 75.4 cm³/mol. The van der Waals surface area contributed by atoms with E-state index in [0.717, 1.165) is 0 Å². The first-order chi connectivity index (χ1) is 11.2. The van der Waals surface area contributed by atoms with Crippen LogP contribution in [0.15, 0.2) is 24.3 Å². The van der Waals surface area contributed by atoms with Gasteiger partial charge in [0.25, 0.3) is 0 Å². The third-order valence-corrected chi connectivity index (χ3v) is 3.36. The molecule has 6 nitrogen and oxygen atoms in total. The minimum Gasteiger partial charge on any atom is -0.484 e. The van der Waals surface area contributed by atoms with Crippen molar-refractivity contribution in [1.29, 1.82) is 0 Å². The maximum Gasteiger partial charge on any atom is 0.422 e. The van der Waals surface area contributed by atoms with Gasteiger partial charge in [-0.25, -0.2) is 4.79 Å². The summed E-state index contributed by atoms with van der Waals surface area (Å²) in [5.41, 5.74) is 0.552. The molecule has 0 spiro atoms. The van der Waals surface area contributed by atoms with Crippen molar-refractivity contribution in [2.75, 3.05) is 6.61 Å². The minimum atomic E-state index is -4.43. The lowest BCUT2D eigenvalue weighted by Crippen LogP contribution is -2.35. The topological polar surface area (TPSA) is 84.9 Å². The Balaban J connectivity index is 1.84. The number of amides is 1. The quantitative estimate of drug-likeness (QED) is 0.821. The molecule has 24 heavy (non-hydrogen) atoms. The number of ether oxygens (including phenoxy) is 2. The second-order valence-corrected chi connectivity index (χ2v) is 5.30. The standard InChI is InChI=1S/C15H16F3NO5/c16-15(17,18)8-23-10-3-1-2-9(6-10)7-19-13(20)11-4-5-12(24-11)14(21)22/h1-3,6,11-12H,4-5,7-8H2,(H,19,20)(H,21,22)/t11-,12+/m0/s1. The molecule has 0 saturated carbocycles. The van der Waals surface area contributed by atoms with E-state index in [4.69, 9.17) is 9.84 Å². The summed E-state index contributed by atoms with van der Waals surface area (Å²) in [4.78, 5) is 22.7. The number of rotatable bonds is 6. The van der Waals surface area contributed by atoms with E-state index >= 15 is 0 Å². The number of carboxylic acids is 1. The molecule has 0 aliphatic carbocycles. The molecular formula is C15H16F3NO5. The Kier molecular flexibility index (Phi) is 5.66. The van der Waals surface area contributed by atoms with Crippen molar-refractivity contribution in [3.8, 4) is 5.75 Å². The molecule has 1 amide bonds. The third-order valence-electron chi connectivity index (χ3n) is 3.36. The molecule has 0 bridgehead atoms. The van der Waals surface area contributed by atoms with Crippen LogP contribution in [0.3, 0.4) is 0 Å². The van der Waals surface area contributed by atoms with Crippen molar-refractivity contribution in [3.05, 3.63) is 29.8 Å². The molecule has 0 radical (unpaired) electrons. The van der Waals surface area contributed by atoms with Gasteiger partial charge < -0.3 is 19.9 Å². The van der Waals surface area contributed by atoms with Crippen molar-refractivity contribution >= 4 is 11.9 Å². The highest BCUT2D eigenvalue weighted by molar-refractivity contribution is 5.82. The zero-order valence-corrected chi connectivity index (χ0v) is 12.5. The Morgan fingerprint density at radius 2 is 2.00 bits per heavy atom. The normalized spacial score (nSPS) is 20.6. The fraction of sp³-hybridized carbons (Fsp3) is 0.467. The van der Waals surface area contributed by atoms with Crippen LogP contribution in [0.4, 0.5) is 13.2 Å². The van der Waals surface area contributed by atoms with Crippen LogP contribution in [0.5, 0.6) is 5.75 Å². The van der Waals surface area contributed by atoms with Crippen LogP contribution in [0.25, 0.3) is 0 Å². The molecule has 1 saturated heterocycles. The average Bonchev–Trinajstić information content (AvgIpc) is 3.01. The summed E-state index contributed by atoms with van der Waals surface area (Å²) in [6, 6.07) is 5.91. The first-order valence-corrected chi connectivity index (χ1v) is 7.19. The van der Waals surface area contributed by atoms with Gasteiger partial charge in [-0.05, 0) is 30.5 Å². The number of hydrogen-bond acceptors (Lipinski definition) is 4. The maximum absolute atomic E-state index is 12.1. The molecule has 0 unspecified atom stereocenters. The molecule has 1 fully saturated rings. The number of benzene rings is 1. The van der Waals surface area contributed by atoms with Crippen LogP contribution in [0.1, 0.15) is 18.4 Å². The summed E-state index contributed by atoms with van der Waals surface area (Å²) in [5.74, 6) is -1.53. The maximum atomic E-state index is 12.1. The van der Waals surface area contributed by atoms with Gasteiger partial charge in [-0.15, -0.1) is 0 Å². The summed E-state index contributed by atoms with van der Waals surface area (Å²) in [6.07, 6.45) is -5.69. The second-order valence-electron chi connectivity index (χ2n) is 5.30. The average molecular weight is 347 g/mol. The lowest BCUT2D eigenvalue weighted by Gasteiger charge is -2.13. The molecule has 0 aromatic heterocycles. The SMILES string of the molecule is O=C(NCc1cccc(OCC(F)(F)F)c1)[C@@H]1CC[C@H](C(=O)O)O1. The van der Waals surface area contributed by atoms with Crippen LogP contribution in [-0.2, 0) is 20.9 Å². The van der Waals surface area contributed by atoms with Gasteiger partial charge in [0.2, 0.25) is 5.91 Å². The zero-order chi connectivity index (χ0) is 17.7. The van der Waals surface area contributed by atoms with E-state index in [1.165, 1.54) is 18.2 Å². The number of carbonyl (C=O) groups excluding carboxylic acids is 1. The molecular weight excluding hydrogens is 331 g/mol. The third kappa shape index (κ3) is 5.41. The van der Waals surface area contributed by atoms with Crippen LogP contribution >= 0.6 is 0 Å². The van der Waals surface area contributed by atoms with Crippen molar-refractivity contribution in [3.63, 3.8) is 0 Å². The molecule has 2 rings (SSSR count). The summed E-state index contributed by atoms with van der Waals surface area (Å²) in [5, 5.41) is 11.4. The number of carboxylic acid groups (broad SMARTS) is 1. The number of nitrogens with one attached hydrogen (secondary N) is 1. The zero-order valence-electron chi connectivity index (χ0n) is 12.5. The van der Waals surface area contributed by atoms with E-state index in [0.29, 0.717) is 12.0 Å². The van der Waals surface area contributed by atoms with Crippen molar-refractivity contribution < 1.29 is 37.3 Å². The fourth-order valence-corrected chi connectivity index (χ4v) is 2.23. The Morgan fingerprint density at radius 3 is 2.62 bits per heavy atom. The Morgan fingerprint density at radius 1 is 1.29 bits per heavy atom. The summed E-state index contributed by atoms with van der Waals surface area (Å²) < 4.78 is 46.1. The van der Waals surface area contributed by atoms with Gasteiger partial charge >= 0.3 is 12.1 Å². The van der Waals surface area contributed by atoms with E-state index in [2.05, 4.69) is 10.1 Å². The highest BCUT2D eigenvalue weighted by atomic mass is 19.4. The Hall–Kier alpha value is -2.29. The van der Waals surface area contributed by atoms with E-state index in [9.17, 15) is 22.8 Å². The summed E-state index contributed by atoms with van der Waals surface area (Å²) in [6.45, 7) is -1.32. The monoisotopic (exact) mass is 347 g/mol. The number of aliphatic carboxylic acids is 1. The van der Waals surface area contributed by atoms with E-state index < -0.39 is 36.9 Å². The Bertz CT molecular complexity index is 605. The largest absolute Gasteiger partial charge is 0.484 e. The highest BCUT2D eigenvalue weighted by Gasteiger charge is 2.34. The van der Waals surface area contributed by atoms with Gasteiger partial charge in [-0.1, -0.05) is 12.1 Å². The number of halogens is 3. The van der Waals surface area contributed by atoms with Gasteiger partial charge in [-0.2, -0.15) is 13.2 Å². The van der Waals surface area contributed by atoms with Gasteiger partial charge in [0.15, 0.2) is 12.7 Å². The van der Waals surface area contributed by atoms with E-state index in [1.54, 1.807) is 6.07 Å². The lowest BCUT2D eigenvalue weighted by molar-refractivity contribution is -0.153. The molecule has 1 aromatic rings. The number of hydrogen-bond donors (Lipinski definition) is 2. The summed E-state index contributed by atoms with van der Waals surface area (Å²) in [7, 11) is 0. The smallest absolute Gasteiger partial charge is 0.422 e. The molecule has 1 aliphatic heterocycles. The molecule has 9 heteroatoms. The van der Waals surface area contributed by atoms with Gasteiger partial charge in [0.05, 0.1) is 0 Å². The fourth-order valence-electron chi connectivity index (χ4n) is 2.23. The van der Waals surface area contributed by atoms with Crippen LogP contribution in [0.2, 0.25) is 0 Å². The molecule has 1 heterocycles. The highest BCUT2D eigenvalue weighted by Crippen LogP contribution is 2.21. The van der Waals surface area contributed by atoms with E-state index in [-0.39, 0.29) is 18.7 Å². The first-order valence-electron chi connectivity index (χ1n) is 7.19. The van der Waals surface area contributed by atoms with Gasteiger partial charge in [-0.3, -0.25) is 4.79 Å². The molecule has 2 N–H and O–H groups in total. The second kappa shape index (κ2) is 7.52. The predicted octanol–water partition coefficient (Wildman–Crippen LogP) is 1.88. The van der Waals surface area contributed by atoms with Gasteiger partial charge in [0.1, 0.15) is 11.9 Å². The van der Waals surface area contributed by atoms with E-state index in [1.807, 2.05) is 0 Å². The Labute approximate surface area is 135 Å². The van der Waals surface area contributed by atoms with Crippen LogP contribution < -0.4 is 10.1 Å². The van der Waals surface area contributed by atoms with Crippen molar-refractivity contribution in [1.82, 2.24) is 5.32 Å². The van der Waals surface area contributed by atoms with Crippen molar-refractivity contribution in [2.24, 2.45) is 0 Å². The molecule has 2 atom stereocenters. The number of alkyl halides is 3. The van der Waals surface area contributed by atoms with Crippen LogP contribution in [-0.4, -0.2) is 42.0 Å². The first kappa shape index (κ1) is 18.1. The van der Waals surface area contributed by atoms with Crippen LogP contribution in [0, 0.1) is 0 Å².